The summed E-state index contributed by atoms with van der Waals surface area (Å²) in [7, 11) is -4.12. The van der Waals surface area contributed by atoms with Gasteiger partial charge in [0.2, 0.25) is 11.8 Å². The molecule has 0 heterocycles. The van der Waals surface area contributed by atoms with Gasteiger partial charge in [-0.2, -0.15) is 0 Å². The highest BCUT2D eigenvalue weighted by Gasteiger charge is 2.34. The van der Waals surface area contributed by atoms with Gasteiger partial charge in [-0.15, -0.1) is 0 Å². The van der Waals surface area contributed by atoms with E-state index in [1.54, 1.807) is 60.7 Å². The summed E-state index contributed by atoms with van der Waals surface area (Å²) in [5.74, 6) is -0.783. The molecule has 0 unspecified atom stereocenters. The minimum atomic E-state index is -4.12. The van der Waals surface area contributed by atoms with Crippen LogP contribution in [0.3, 0.4) is 0 Å². The Kier molecular flexibility index (Phi) is 10.3. The number of halogens is 2. The maximum atomic E-state index is 14.2. The number of sulfonamides is 1. The van der Waals surface area contributed by atoms with E-state index in [4.69, 9.17) is 23.2 Å². The number of hydrogen-bond acceptors (Lipinski definition) is 4. The van der Waals surface area contributed by atoms with Crippen LogP contribution in [0.1, 0.15) is 50.2 Å². The lowest BCUT2D eigenvalue weighted by Crippen LogP contribution is -2.53. The number of carbonyl (C=O) groups is 2. The molecule has 1 fully saturated rings. The largest absolute Gasteiger partial charge is 0.352 e. The predicted octanol–water partition coefficient (Wildman–Crippen LogP) is 6.36. The van der Waals surface area contributed by atoms with Crippen molar-refractivity contribution in [3.8, 4) is 0 Å². The minimum absolute atomic E-state index is 0.0125. The Bertz CT molecular complexity index is 1460. The third-order valence-corrected chi connectivity index (χ3v) is 9.75. The first-order chi connectivity index (χ1) is 19.6. The Morgan fingerprint density at radius 2 is 1.63 bits per heavy atom. The lowest BCUT2D eigenvalue weighted by atomic mass is 10.1. The summed E-state index contributed by atoms with van der Waals surface area (Å²) < 4.78 is 28.9. The van der Waals surface area contributed by atoms with Crippen LogP contribution in [-0.2, 0) is 26.2 Å². The number of nitrogens with zero attached hydrogens (tertiary/aromatic N) is 2. The van der Waals surface area contributed by atoms with Gasteiger partial charge in [0.15, 0.2) is 0 Å². The molecular weight excluding hydrogens is 581 g/mol. The summed E-state index contributed by atoms with van der Waals surface area (Å²) in [5, 5.41) is 3.90. The van der Waals surface area contributed by atoms with Gasteiger partial charge >= 0.3 is 0 Å². The van der Waals surface area contributed by atoms with Crippen molar-refractivity contribution >= 4 is 50.7 Å². The van der Waals surface area contributed by atoms with Crippen LogP contribution < -0.4 is 9.62 Å². The number of anilines is 1. The Morgan fingerprint density at radius 3 is 2.24 bits per heavy atom. The molecule has 0 aliphatic heterocycles. The number of para-hydroxylation sites is 1. The third kappa shape index (κ3) is 7.61. The molecule has 4 rings (SSSR count). The van der Waals surface area contributed by atoms with Gasteiger partial charge in [0.05, 0.1) is 10.6 Å². The molecule has 1 aliphatic rings. The van der Waals surface area contributed by atoms with Gasteiger partial charge in [-0.1, -0.05) is 84.9 Å². The summed E-state index contributed by atoms with van der Waals surface area (Å²) in [5.41, 5.74) is 1.86. The summed E-state index contributed by atoms with van der Waals surface area (Å²) in [6, 6.07) is 19.2. The molecular formula is C31H35Cl2N3O4S. The zero-order valence-electron chi connectivity index (χ0n) is 23.2. The van der Waals surface area contributed by atoms with E-state index in [1.165, 1.54) is 17.0 Å². The second-order valence-electron chi connectivity index (χ2n) is 10.3. The Morgan fingerprint density at radius 1 is 0.976 bits per heavy atom. The van der Waals surface area contributed by atoms with Gasteiger partial charge in [0, 0.05) is 22.6 Å². The van der Waals surface area contributed by atoms with E-state index in [0.29, 0.717) is 27.7 Å². The number of benzene rings is 3. The SMILES string of the molecule is CC[C@H](C(=O)NC1CCCC1)N(Cc1ccc(Cl)cc1Cl)C(=O)CN(c1ccccc1)S(=O)(=O)c1ccc(C)cc1. The highest BCUT2D eigenvalue weighted by atomic mass is 35.5. The van der Waals surface area contributed by atoms with Crippen LogP contribution in [0.5, 0.6) is 0 Å². The number of amides is 2. The van der Waals surface area contributed by atoms with Crippen molar-refractivity contribution in [1.29, 1.82) is 0 Å². The average Bonchev–Trinajstić information content (AvgIpc) is 3.46. The maximum absolute atomic E-state index is 14.2. The average molecular weight is 617 g/mol. The van der Waals surface area contributed by atoms with Crippen LogP contribution in [0.25, 0.3) is 0 Å². The predicted molar refractivity (Wildman–Crippen MR) is 164 cm³/mol. The van der Waals surface area contributed by atoms with Gasteiger partial charge < -0.3 is 10.2 Å². The molecule has 1 saturated carbocycles. The second-order valence-corrected chi connectivity index (χ2v) is 13.0. The number of rotatable bonds is 11. The molecule has 41 heavy (non-hydrogen) atoms. The number of nitrogens with one attached hydrogen (secondary N) is 1. The van der Waals surface area contributed by atoms with Gasteiger partial charge in [-0.3, -0.25) is 13.9 Å². The third-order valence-electron chi connectivity index (χ3n) is 7.38. The van der Waals surface area contributed by atoms with Gasteiger partial charge in [0.1, 0.15) is 12.6 Å². The van der Waals surface area contributed by atoms with Crippen LogP contribution in [0.2, 0.25) is 10.0 Å². The Labute approximate surface area is 252 Å². The lowest BCUT2D eigenvalue weighted by Gasteiger charge is -2.34. The molecule has 0 saturated heterocycles. The molecule has 0 radical (unpaired) electrons. The van der Waals surface area contributed by atoms with Crippen LogP contribution in [0, 0.1) is 6.92 Å². The van der Waals surface area contributed by atoms with E-state index < -0.39 is 28.5 Å². The van der Waals surface area contributed by atoms with Crippen molar-refractivity contribution in [2.45, 2.75) is 69.5 Å². The maximum Gasteiger partial charge on any atom is 0.264 e. The molecule has 2 amide bonds. The fourth-order valence-corrected chi connectivity index (χ4v) is 6.96. The zero-order valence-corrected chi connectivity index (χ0v) is 25.6. The van der Waals surface area contributed by atoms with Gasteiger partial charge in [-0.25, -0.2) is 8.42 Å². The van der Waals surface area contributed by atoms with Crippen molar-refractivity contribution in [1.82, 2.24) is 10.2 Å². The van der Waals surface area contributed by atoms with Crippen molar-refractivity contribution in [3.05, 3.63) is 94.0 Å². The van der Waals surface area contributed by atoms with Crippen molar-refractivity contribution in [2.75, 3.05) is 10.8 Å². The molecule has 1 atom stereocenters. The molecule has 3 aromatic carbocycles. The molecule has 0 bridgehead atoms. The van der Waals surface area contributed by atoms with E-state index in [-0.39, 0.29) is 23.4 Å². The fraction of sp³-hybridized carbons (Fsp3) is 0.355. The van der Waals surface area contributed by atoms with E-state index in [2.05, 4.69) is 5.32 Å². The molecule has 1 aliphatic carbocycles. The van der Waals surface area contributed by atoms with Crippen molar-refractivity contribution in [3.63, 3.8) is 0 Å². The molecule has 0 aromatic heterocycles. The highest BCUT2D eigenvalue weighted by molar-refractivity contribution is 7.92. The summed E-state index contributed by atoms with van der Waals surface area (Å²) in [4.78, 5) is 29.2. The van der Waals surface area contributed by atoms with Crippen LogP contribution in [0.15, 0.2) is 77.7 Å². The number of carbonyl (C=O) groups excluding carboxylic acids is 2. The zero-order chi connectivity index (χ0) is 29.6. The van der Waals surface area contributed by atoms with Crippen molar-refractivity contribution < 1.29 is 18.0 Å². The highest BCUT2D eigenvalue weighted by Crippen LogP contribution is 2.27. The van der Waals surface area contributed by atoms with Crippen LogP contribution >= 0.6 is 23.2 Å². The first kappa shape index (κ1) is 30.9. The standard InChI is InChI=1S/C31H35Cl2N3O4S/c1-3-29(31(38)34-25-9-7-8-10-25)35(20-23-15-16-24(32)19-28(23)33)30(37)21-36(26-11-5-4-6-12-26)41(39,40)27-17-13-22(2)14-18-27/h4-6,11-19,25,29H,3,7-10,20-21H2,1-2H3,(H,34,38)/t29-/m1/s1. The molecule has 218 valence electrons. The Balaban J connectivity index is 1.71. The molecule has 10 heteroatoms. The lowest BCUT2D eigenvalue weighted by molar-refractivity contribution is -0.140. The molecule has 0 spiro atoms. The normalized spacial score (nSPS) is 14.4. The quantitative estimate of drug-likeness (QED) is 0.272. The molecule has 7 nitrogen and oxygen atoms in total. The summed E-state index contributed by atoms with van der Waals surface area (Å²) in [6.07, 6.45) is 4.23. The fourth-order valence-electron chi connectivity index (χ4n) is 5.08. The monoisotopic (exact) mass is 615 g/mol. The Hall–Kier alpha value is -3.07. The second kappa shape index (κ2) is 13.7. The van der Waals surface area contributed by atoms with E-state index in [9.17, 15) is 18.0 Å². The number of hydrogen-bond donors (Lipinski definition) is 1. The van der Waals surface area contributed by atoms with Crippen LogP contribution in [-0.4, -0.2) is 43.8 Å². The van der Waals surface area contributed by atoms with E-state index in [1.807, 2.05) is 13.8 Å². The summed E-state index contributed by atoms with van der Waals surface area (Å²) in [6.45, 7) is 3.22. The first-order valence-corrected chi connectivity index (χ1v) is 16.0. The minimum Gasteiger partial charge on any atom is -0.352 e. The molecule has 1 N–H and O–H groups in total. The number of aryl methyl sites for hydroxylation is 1. The first-order valence-electron chi connectivity index (χ1n) is 13.8. The van der Waals surface area contributed by atoms with E-state index >= 15 is 0 Å². The van der Waals surface area contributed by atoms with Crippen LogP contribution in [0.4, 0.5) is 5.69 Å². The topological polar surface area (TPSA) is 86.8 Å². The smallest absolute Gasteiger partial charge is 0.264 e. The van der Waals surface area contributed by atoms with Gasteiger partial charge in [-0.05, 0) is 68.1 Å². The van der Waals surface area contributed by atoms with Crippen molar-refractivity contribution in [2.24, 2.45) is 0 Å². The van der Waals surface area contributed by atoms with Gasteiger partial charge in [0.25, 0.3) is 10.0 Å². The summed E-state index contributed by atoms with van der Waals surface area (Å²) >= 11 is 12.6. The molecule has 3 aromatic rings. The van der Waals surface area contributed by atoms with E-state index in [0.717, 1.165) is 35.6 Å².